The van der Waals surface area contributed by atoms with Gasteiger partial charge < -0.3 is 15.8 Å². The van der Waals surface area contributed by atoms with Gasteiger partial charge in [-0.2, -0.15) is 0 Å². The van der Waals surface area contributed by atoms with E-state index >= 15 is 0 Å². The fourth-order valence-corrected chi connectivity index (χ4v) is 5.65. The van der Waals surface area contributed by atoms with Crippen LogP contribution in [-0.4, -0.2) is 36.8 Å². The Morgan fingerprint density at radius 1 is 0.861 bits per heavy atom. The molecule has 2 unspecified atom stereocenters. The Morgan fingerprint density at radius 3 is 1.64 bits per heavy atom. The molecule has 5 nitrogen and oxygen atoms in total. The molecule has 0 fully saturated rings. The standard InChI is InChI=1S/C29H34N2O3S.ClH/c1-21(2)19-26(28(33)34-3)31-27(32)25(30)20-35-29(22-13-7-4-8-14-22,23-15-9-5-10-16-23)24-17-11-6-12-18-24;/h4-18,21,25-26H,19-20,30H2,1-3H3,(H,31,32);1H. The van der Waals surface area contributed by atoms with Crippen molar-refractivity contribution in [1.82, 2.24) is 5.32 Å². The molecule has 0 bridgehead atoms. The predicted molar refractivity (Wildman–Crippen MR) is 150 cm³/mol. The van der Waals surface area contributed by atoms with Crippen molar-refractivity contribution in [1.29, 1.82) is 0 Å². The zero-order valence-electron chi connectivity index (χ0n) is 20.9. The number of nitrogens with two attached hydrogens (primary N) is 1. The maximum absolute atomic E-state index is 13.0. The van der Waals surface area contributed by atoms with E-state index in [1.54, 1.807) is 11.8 Å². The summed E-state index contributed by atoms with van der Waals surface area (Å²) in [6, 6.07) is 29.2. The fourth-order valence-electron chi connectivity index (χ4n) is 4.17. The lowest BCUT2D eigenvalue weighted by atomic mass is 9.84. The predicted octanol–water partition coefficient (Wildman–Crippen LogP) is 5.16. The largest absolute Gasteiger partial charge is 0.467 e. The van der Waals surface area contributed by atoms with E-state index in [0.29, 0.717) is 12.2 Å². The zero-order chi connectivity index (χ0) is 25.3. The second-order valence-electron chi connectivity index (χ2n) is 8.91. The third-order valence-corrected chi connectivity index (χ3v) is 7.53. The van der Waals surface area contributed by atoms with Crippen LogP contribution < -0.4 is 11.1 Å². The van der Waals surface area contributed by atoms with E-state index in [1.165, 1.54) is 7.11 Å². The fraction of sp³-hybridized carbons (Fsp3) is 0.310. The Balaban J connectivity index is 0.00000456. The van der Waals surface area contributed by atoms with Gasteiger partial charge in [0.15, 0.2) is 0 Å². The van der Waals surface area contributed by atoms with Gasteiger partial charge in [-0.1, -0.05) is 105 Å². The minimum absolute atomic E-state index is 0. The van der Waals surface area contributed by atoms with Gasteiger partial charge in [-0.15, -0.1) is 24.2 Å². The van der Waals surface area contributed by atoms with E-state index in [-0.39, 0.29) is 24.2 Å². The Bertz CT molecular complexity index is 985. The van der Waals surface area contributed by atoms with Gasteiger partial charge in [0.2, 0.25) is 5.91 Å². The number of halogens is 1. The van der Waals surface area contributed by atoms with Crippen LogP contribution in [0.2, 0.25) is 0 Å². The van der Waals surface area contributed by atoms with Gasteiger partial charge in [-0.05, 0) is 29.0 Å². The monoisotopic (exact) mass is 526 g/mol. The first-order valence-electron chi connectivity index (χ1n) is 11.8. The lowest BCUT2D eigenvalue weighted by molar-refractivity contribution is -0.145. The molecule has 0 radical (unpaired) electrons. The van der Waals surface area contributed by atoms with E-state index in [9.17, 15) is 9.59 Å². The van der Waals surface area contributed by atoms with Gasteiger partial charge in [0.1, 0.15) is 6.04 Å². The summed E-state index contributed by atoms with van der Waals surface area (Å²) in [5.74, 6) is -0.261. The van der Waals surface area contributed by atoms with E-state index in [1.807, 2.05) is 68.4 Å². The third kappa shape index (κ3) is 7.12. The molecule has 3 aromatic rings. The molecule has 3 aromatic carbocycles. The summed E-state index contributed by atoms with van der Waals surface area (Å²) in [6.45, 7) is 3.98. The molecule has 7 heteroatoms. The lowest BCUT2D eigenvalue weighted by Crippen LogP contribution is -2.50. The molecule has 0 aliphatic heterocycles. The summed E-state index contributed by atoms with van der Waals surface area (Å²) in [5, 5.41) is 2.80. The first-order chi connectivity index (χ1) is 16.9. The number of amides is 1. The van der Waals surface area contributed by atoms with Crippen LogP contribution in [0.1, 0.15) is 37.0 Å². The highest BCUT2D eigenvalue weighted by Gasteiger charge is 2.38. The van der Waals surface area contributed by atoms with Crippen LogP contribution in [0.5, 0.6) is 0 Å². The van der Waals surface area contributed by atoms with Gasteiger partial charge in [-0.3, -0.25) is 4.79 Å². The van der Waals surface area contributed by atoms with E-state index in [2.05, 4.69) is 41.7 Å². The number of carbonyl (C=O) groups is 2. The van der Waals surface area contributed by atoms with Crippen molar-refractivity contribution in [2.45, 2.75) is 37.1 Å². The summed E-state index contributed by atoms with van der Waals surface area (Å²) in [4.78, 5) is 25.2. The number of rotatable bonds is 11. The first kappa shape index (κ1) is 29.4. The van der Waals surface area contributed by atoms with Gasteiger partial charge in [0, 0.05) is 5.75 Å². The molecule has 0 aromatic heterocycles. The van der Waals surface area contributed by atoms with Crippen LogP contribution in [-0.2, 0) is 19.1 Å². The summed E-state index contributed by atoms with van der Waals surface area (Å²) in [7, 11) is 1.32. The van der Waals surface area contributed by atoms with Crippen molar-refractivity contribution >= 4 is 36.0 Å². The van der Waals surface area contributed by atoms with Crippen LogP contribution in [0, 0.1) is 5.92 Å². The van der Waals surface area contributed by atoms with Crippen molar-refractivity contribution in [2.75, 3.05) is 12.9 Å². The Kier molecular flexibility index (Phi) is 11.5. The first-order valence-corrected chi connectivity index (χ1v) is 12.8. The minimum Gasteiger partial charge on any atom is -0.467 e. The smallest absolute Gasteiger partial charge is 0.328 e. The molecule has 3 rings (SSSR count). The van der Waals surface area contributed by atoms with Crippen LogP contribution in [0.15, 0.2) is 91.0 Å². The number of thioether (sulfide) groups is 1. The maximum Gasteiger partial charge on any atom is 0.328 e. The van der Waals surface area contributed by atoms with Crippen LogP contribution in [0.4, 0.5) is 0 Å². The van der Waals surface area contributed by atoms with Crippen LogP contribution in [0.25, 0.3) is 0 Å². The molecule has 2 atom stereocenters. The number of benzene rings is 3. The van der Waals surface area contributed by atoms with E-state index < -0.39 is 22.8 Å². The van der Waals surface area contributed by atoms with Gasteiger partial charge in [0.05, 0.1) is 17.9 Å². The number of esters is 1. The van der Waals surface area contributed by atoms with Gasteiger partial charge >= 0.3 is 5.97 Å². The highest BCUT2D eigenvalue weighted by molar-refractivity contribution is 8.00. The van der Waals surface area contributed by atoms with Crippen molar-refractivity contribution in [3.05, 3.63) is 108 Å². The van der Waals surface area contributed by atoms with Crippen molar-refractivity contribution in [3.63, 3.8) is 0 Å². The van der Waals surface area contributed by atoms with Gasteiger partial charge in [-0.25, -0.2) is 4.79 Å². The second-order valence-corrected chi connectivity index (χ2v) is 10.1. The molecule has 1 amide bonds. The van der Waals surface area contributed by atoms with E-state index in [4.69, 9.17) is 10.5 Å². The minimum atomic E-state index is -0.810. The quantitative estimate of drug-likeness (QED) is 0.266. The highest BCUT2D eigenvalue weighted by Crippen LogP contribution is 2.48. The Labute approximate surface area is 224 Å². The lowest BCUT2D eigenvalue weighted by Gasteiger charge is -2.36. The molecule has 0 saturated heterocycles. The average Bonchev–Trinajstić information content (AvgIpc) is 2.89. The SMILES string of the molecule is COC(=O)C(CC(C)C)NC(=O)C(N)CSC(c1ccccc1)(c1ccccc1)c1ccccc1.Cl. The normalized spacial score (nSPS) is 12.8. The van der Waals surface area contributed by atoms with Gasteiger partial charge in [0.25, 0.3) is 0 Å². The number of ether oxygens (including phenoxy) is 1. The number of nitrogens with one attached hydrogen (secondary N) is 1. The molecule has 0 aliphatic rings. The Hall–Kier alpha value is -2.80. The molecular weight excluding hydrogens is 492 g/mol. The Morgan fingerprint density at radius 2 is 1.28 bits per heavy atom. The summed E-state index contributed by atoms with van der Waals surface area (Å²) in [6.07, 6.45) is 0.486. The molecule has 0 heterocycles. The molecule has 36 heavy (non-hydrogen) atoms. The number of hydrogen-bond acceptors (Lipinski definition) is 5. The molecule has 192 valence electrons. The third-order valence-electron chi connectivity index (χ3n) is 5.87. The van der Waals surface area contributed by atoms with Crippen LogP contribution in [0.3, 0.4) is 0 Å². The van der Waals surface area contributed by atoms with Crippen molar-refractivity contribution < 1.29 is 14.3 Å². The van der Waals surface area contributed by atoms with Crippen LogP contribution >= 0.6 is 24.2 Å². The average molecular weight is 527 g/mol. The number of methoxy groups -OCH3 is 1. The molecule has 0 spiro atoms. The van der Waals surface area contributed by atoms with Crippen molar-refractivity contribution in [3.8, 4) is 0 Å². The maximum atomic E-state index is 13.0. The second kappa shape index (κ2) is 14.1. The van der Waals surface area contributed by atoms with E-state index in [0.717, 1.165) is 16.7 Å². The summed E-state index contributed by atoms with van der Waals surface area (Å²) in [5.41, 5.74) is 9.69. The van der Waals surface area contributed by atoms with Crippen molar-refractivity contribution in [2.24, 2.45) is 11.7 Å². The topological polar surface area (TPSA) is 81.4 Å². The molecule has 0 aliphatic carbocycles. The summed E-state index contributed by atoms with van der Waals surface area (Å²) < 4.78 is 4.31. The highest BCUT2D eigenvalue weighted by atomic mass is 35.5. The number of hydrogen-bond donors (Lipinski definition) is 2. The number of carbonyl (C=O) groups excluding carboxylic acids is 2. The molecule has 0 saturated carbocycles. The molecular formula is C29H35ClN2O3S. The summed E-state index contributed by atoms with van der Waals surface area (Å²) >= 11 is 1.62. The molecule has 3 N–H and O–H groups in total. The zero-order valence-corrected chi connectivity index (χ0v) is 22.6.